The van der Waals surface area contributed by atoms with Crippen molar-refractivity contribution < 1.29 is 19.5 Å². The molecule has 0 atom stereocenters. The summed E-state index contributed by atoms with van der Waals surface area (Å²) in [5.74, 6) is -1.00. The maximum Gasteiger partial charge on any atom is 0.261 e. The van der Waals surface area contributed by atoms with Crippen molar-refractivity contribution in [2.45, 2.75) is 13.3 Å². The number of aromatic hydroxyl groups is 1. The van der Waals surface area contributed by atoms with Crippen LogP contribution in [0.4, 0.5) is 11.4 Å². The number of rotatable bonds is 3. The molecule has 0 radical (unpaired) electrons. The minimum absolute atomic E-state index is 0.0230. The van der Waals surface area contributed by atoms with Crippen molar-refractivity contribution in [2.75, 3.05) is 10.2 Å². The van der Waals surface area contributed by atoms with E-state index >= 15 is 0 Å². The molecule has 2 aromatic carbocycles. The minimum Gasteiger partial charge on any atom is -0.506 e. The zero-order valence-corrected chi connectivity index (χ0v) is 14.6. The second-order valence-electron chi connectivity index (χ2n) is 5.82. The average Bonchev–Trinajstić information content (AvgIpc) is 2.85. The highest BCUT2D eigenvalue weighted by molar-refractivity contribution is 6.32. The standard InChI is InChI=1S/C19H15ClN2O4/c1-11(23)21-14-3-5-15(6-4-14)22-18(25)10-13(19(22)26)8-12-2-7-17(24)16(20)9-12/h2-9,24H,10H2,1H3,(H,21,23)/b13-8+. The Morgan fingerprint density at radius 2 is 1.88 bits per heavy atom. The second-order valence-corrected chi connectivity index (χ2v) is 6.23. The van der Waals surface area contributed by atoms with Crippen LogP contribution in [0.3, 0.4) is 0 Å². The van der Waals surface area contributed by atoms with Gasteiger partial charge < -0.3 is 10.4 Å². The van der Waals surface area contributed by atoms with Crippen LogP contribution in [0, 0.1) is 0 Å². The summed E-state index contributed by atoms with van der Waals surface area (Å²) in [5, 5.41) is 12.3. The smallest absolute Gasteiger partial charge is 0.261 e. The first kappa shape index (κ1) is 17.7. The number of benzene rings is 2. The fourth-order valence-corrected chi connectivity index (χ4v) is 2.85. The summed E-state index contributed by atoms with van der Waals surface area (Å²) in [6, 6.07) is 11.0. The van der Waals surface area contributed by atoms with Crippen molar-refractivity contribution in [3.8, 4) is 5.75 Å². The molecule has 1 fully saturated rings. The number of hydrogen-bond donors (Lipinski definition) is 2. The van der Waals surface area contributed by atoms with E-state index in [0.717, 1.165) is 4.90 Å². The minimum atomic E-state index is -0.411. The van der Waals surface area contributed by atoms with E-state index in [1.54, 1.807) is 36.4 Å². The number of phenols is 1. The molecule has 0 saturated carbocycles. The first-order chi connectivity index (χ1) is 12.3. The Kier molecular flexibility index (Phi) is 4.77. The zero-order chi connectivity index (χ0) is 18.8. The summed E-state index contributed by atoms with van der Waals surface area (Å²) in [6.07, 6.45) is 1.56. The number of carbonyl (C=O) groups excluding carboxylic acids is 3. The van der Waals surface area contributed by atoms with Crippen LogP contribution in [0.15, 0.2) is 48.0 Å². The average molecular weight is 371 g/mol. The molecule has 1 aliphatic heterocycles. The molecule has 6 nitrogen and oxygen atoms in total. The number of phenolic OH excluding ortho intramolecular Hbond substituents is 1. The van der Waals surface area contributed by atoms with Crippen LogP contribution in [0.1, 0.15) is 18.9 Å². The Bertz CT molecular complexity index is 935. The van der Waals surface area contributed by atoms with Gasteiger partial charge in [0.05, 0.1) is 17.1 Å². The lowest BCUT2D eigenvalue weighted by Gasteiger charge is -2.14. The monoisotopic (exact) mass is 370 g/mol. The maximum atomic E-state index is 12.6. The predicted molar refractivity (Wildman–Crippen MR) is 98.9 cm³/mol. The topological polar surface area (TPSA) is 86.7 Å². The third kappa shape index (κ3) is 3.60. The number of halogens is 1. The number of nitrogens with one attached hydrogen (secondary N) is 1. The summed E-state index contributed by atoms with van der Waals surface area (Å²) in [5.41, 5.74) is 1.96. The molecule has 1 aliphatic rings. The molecule has 1 saturated heterocycles. The van der Waals surface area contributed by atoms with Crippen LogP contribution in [-0.2, 0) is 14.4 Å². The fourth-order valence-electron chi connectivity index (χ4n) is 2.66. The van der Waals surface area contributed by atoms with Crippen LogP contribution >= 0.6 is 11.6 Å². The van der Waals surface area contributed by atoms with Gasteiger partial charge in [0.1, 0.15) is 5.75 Å². The molecule has 3 amide bonds. The van der Waals surface area contributed by atoms with E-state index in [0.29, 0.717) is 22.5 Å². The lowest BCUT2D eigenvalue weighted by molar-refractivity contribution is -0.120. The van der Waals surface area contributed by atoms with Crippen LogP contribution in [-0.4, -0.2) is 22.8 Å². The first-order valence-electron chi connectivity index (χ1n) is 7.79. The quantitative estimate of drug-likeness (QED) is 0.640. The van der Waals surface area contributed by atoms with Gasteiger partial charge in [-0.1, -0.05) is 17.7 Å². The van der Waals surface area contributed by atoms with Crippen LogP contribution in [0.2, 0.25) is 5.02 Å². The van der Waals surface area contributed by atoms with Crippen molar-refractivity contribution >= 4 is 46.8 Å². The lowest BCUT2D eigenvalue weighted by atomic mass is 10.1. The van der Waals surface area contributed by atoms with E-state index in [-0.39, 0.29) is 29.0 Å². The van der Waals surface area contributed by atoms with E-state index in [4.69, 9.17) is 11.6 Å². The Morgan fingerprint density at radius 3 is 2.50 bits per heavy atom. The van der Waals surface area contributed by atoms with Crippen molar-refractivity contribution in [3.05, 3.63) is 58.6 Å². The fraction of sp³-hybridized carbons (Fsp3) is 0.105. The third-order valence-electron chi connectivity index (χ3n) is 3.83. The summed E-state index contributed by atoms with van der Waals surface area (Å²) in [7, 11) is 0. The largest absolute Gasteiger partial charge is 0.506 e. The predicted octanol–water partition coefficient (Wildman–Crippen LogP) is 3.35. The molecule has 2 N–H and O–H groups in total. The number of carbonyl (C=O) groups is 3. The van der Waals surface area contributed by atoms with E-state index < -0.39 is 5.91 Å². The Morgan fingerprint density at radius 1 is 1.19 bits per heavy atom. The molecule has 0 aliphatic carbocycles. The van der Waals surface area contributed by atoms with Gasteiger partial charge in [0.15, 0.2) is 0 Å². The normalized spacial score (nSPS) is 15.6. The van der Waals surface area contributed by atoms with Crippen molar-refractivity contribution in [3.63, 3.8) is 0 Å². The summed E-state index contributed by atoms with van der Waals surface area (Å²) in [6.45, 7) is 1.40. The van der Waals surface area contributed by atoms with Gasteiger partial charge in [-0.05, 0) is 48.0 Å². The highest BCUT2D eigenvalue weighted by Gasteiger charge is 2.34. The Labute approximate surface area is 154 Å². The van der Waals surface area contributed by atoms with E-state index in [2.05, 4.69) is 5.32 Å². The maximum absolute atomic E-state index is 12.6. The van der Waals surface area contributed by atoms with Crippen LogP contribution < -0.4 is 10.2 Å². The summed E-state index contributed by atoms with van der Waals surface area (Å²) >= 11 is 5.87. The summed E-state index contributed by atoms with van der Waals surface area (Å²) < 4.78 is 0. The molecule has 0 aromatic heterocycles. The number of hydrogen-bond acceptors (Lipinski definition) is 4. The van der Waals surface area contributed by atoms with Gasteiger partial charge in [0, 0.05) is 18.2 Å². The van der Waals surface area contributed by atoms with Crippen molar-refractivity contribution in [1.29, 1.82) is 0 Å². The molecular weight excluding hydrogens is 356 g/mol. The van der Waals surface area contributed by atoms with Crippen LogP contribution in [0.5, 0.6) is 5.75 Å². The molecule has 7 heteroatoms. The van der Waals surface area contributed by atoms with Gasteiger partial charge in [-0.15, -0.1) is 0 Å². The number of anilines is 2. The highest BCUT2D eigenvalue weighted by atomic mass is 35.5. The number of imide groups is 1. The molecule has 0 spiro atoms. The first-order valence-corrected chi connectivity index (χ1v) is 8.17. The zero-order valence-electron chi connectivity index (χ0n) is 13.8. The van der Waals surface area contributed by atoms with E-state index in [1.165, 1.54) is 19.1 Å². The molecule has 0 unspecified atom stereocenters. The third-order valence-corrected chi connectivity index (χ3v) is 4.13. The summed E-state index contributed by atoms with van der Waals surface area (Å²) in [4.78, 5) is 37.1. The van der Waals surface area contributed by atoms with Gasteiger partial charge in [0.2, 0.25) is 11.8 Å². The van der Waals surface area contributed by atoms with Crippen molar-refractivity contribution in [2.24, 2.45) is 0 Å². The van der Waals surface area contributed by atoms with Gasteiger partial charge in [-0.2, -0.15) is 0 Å². The van der Waals surface area contributed by atoms with E-state index in [9.17, 15) is 19.5 Å². The second kappa shape index (κ2) is 7.01. The molecule has 1 heterocycles. The molecule has 0 bridgehead atoms. The lowest BCUT2D eigenvalue weighted by Crippen LogP contribution is -2.28. The SMILES string of the molecule is CC(=O)Nc1ccc(N2C(=O)C/C(=C\c3ccc(O)c(Cl)c3)C2=O)cc1. The van der Waals surface area contributed by atoms with Crippen LogP contribution in [0.25, 0.3) is 6.08 Å². The Balaban J connectivity index is 1.85. The van der Waals surface area contributed by atoms with Gasteiger partial charge in [-0.3, -0.25) is 14.4 Å². The van der Waals surface area contributed by atoms with Gasteiger partial charge in [0.25, 0.3) is 5.91 Å². The number of nitrogens with zero attached hydrogens (tertiary/aromatic N) is 1. The highest BCUT2D eigenvalue weighted by Crippen LogP contribution is 2.30. The molecular formula is C19H15ClN2O4. The van der Waals surface area contributed by atoms with Crippen molar-refractivity contribution in [1.82, 2.24) is 0 Å². The molecule has 26 heavy (non-hydrogen) atoms. The molecule has 2 aromatic rings. The molecule has 132 valence electrons. The number of amides is 3. The Hall–Kier alpha value is -3.12. The van der Waals surface area contributed by atoms with Gasteiger partial charge in [-0.25, -0.2) is 4.90 Å². The van der Waals surface area contributed by atoms with Gasteiger partial charge >= 0.3 is 0 Å². The molecule has 3 rings (SSSR count). The van der Waals surface area contributed by atoms with E-state index in [1.807, 2.05) is 0 Å².